The molecule has 0 bridgehead atoms. The first-order chi connectivity index (χ1) is 16.5. The Hall–Kier alpha value is -3.40. The lowest BCUT2D eigenvalue weighted by Crippen LogP contribution is -2.33. The number of hydrogen-bond acceptors (Lipinski definition) is 4. The van der Waals surface area contributed by atoms with Gasteiger partial charge in [0, 0.05) is 17.9 Å². The highest BCUT2D eigenvalue weighted by molar-refractivity contribution is 7.91. The molecule has 0 aliphatic heterocycles. The van der Waals surface area contributed by atoms with E-state index in [9.17, 15) is 31.2 Å². The topological polar surface area (TPSA) is 85.2 Å². The second kappa shape index (κ2) is 9.33. The number of sulfone groups is 1. The summed E-state index contributed by atoms with van der Waals surface area (Å²) in [4.78, 5) is 25.9. The molecular weight excluding hydrogens is 481 g/mol. The van der Waals surface area contributed by atoms with Crippen LogP contribution in [0, 0.1) is 12.8 Å². The number of aromatic nitrogens is 1. The number of alkyl halides is 3. The summed E-state index contributed by atoms with van der Waals surface area (Å²) in [6.45, 7) is 1.60. The van der Waals surface area contributed by atoms with Crippen LogP contribution in [0.1, 0.15) is 40.0 Å². The number of benzene rings is 2. The monoisotopic (exact) mass is 504 g/mol. The fourth-order valence-corrected chi connectivity index (χ4v) is 5.43. The molecule has 2 aromatic carbocycles. The maximum Gasteiger partial charge on any atom is 0.416 e. The van der Waals surface area contributed by atoms with Crippen molar-refractivity contribution < 1.29 is 26.4 Å². The minimum atomic E-state index is -4.57. The fourth-order valence-electron chi connectivity index (χ4n) is 3.73. The number of nitrogens with one attached hydrogen (secondary N) is 1. The van der Waals surface area contributed by atoms with Gasteiger partial charge in [0.15, 0.2) is 9.84 Å². The third kappa shape index (κ3) is 5.64. The molecule has 1 saturated carbocycles. The number of amides is 1. The Morgan fingerprint density at radius 2 is 1.74 bits per heavy atom. The lowest BCUT2D eigenvalue weighted by molar-refractivity contribution is -0.137. The number of carbonyl (C=O) groups excluding carboxylic acids is 1. The first-order valence-corrected chi connectivity index (χ1v) is 12.6. The van der Waals surface area contributed by atoms with Gasteiger partial charge in [-0.2, -0.15) is 13.2 Å². The predicted molar refractivity (Wildman–Crippen MR) is 124 cm³/mol. The number of aryl methyl sites for hydroxylation is 1. The van der Waals surface area contributed by atoms with E-state index in [4.69, 9.17) is 0 Å². The lowest BCUT2D eigenvalue weighted by Gasteiger charge is -2.14. The van der Waals surface area contributed by atoms with Crippen LogP contribution in [0.4, 0.5) is 13.2 Å². The van der Waals surface area contributed by atoms with Gasteiger partial charge in [0.1, 0.15) is 5.56 Å². The smallest absolute Gasteiger partial charge is 0.348 e. The van der Waals surface area contributed by atoms with Crippen LogP contribution >= 0.6 is 0 Å². The Kier molecular flexibility index (Phi) is 6.59. The van der Waals surface area contributed by atoms with Crippen molar-refractivity contribution in [1.29, 1.82) is 0 Å². The highest BCUT2D eigenvalue weighted by Gasteiger charge is 2.31. The van der Waals surface area contributed by atoms with Crippen LogP contribution in [0.25, 0.3) is 5.69 Å². The molecule has 1 aliphatic carbocycles. The normalized spacial score (nSPS) is 14.1. The summed E-state index contributed by atoms with van der Waals surface area (Å²) in [6, 6.07) is 13.3. The molecule has 4 rings (SSSR count). The van der Waals surface area contributed by atoms with Crippen molar-refractivity contribution in [2.24, 2.45) is 5.92 Å². The van der Waals surface area contributed by atoms with Gasteiger partial charge in [0.2, 0.25) is 0 Å². The third-order valence-electron chi connectivity index (χ3n) is 5.84. The Bertz CT molecular complexity index is 1420. The molecule has 1 aromatic heterocycles. The van der Waals surface area contributed by atoms with Crippen molar-refractivity contribution in [3.8, 4) is 5.69 Å². The summed E-state index contributed by atoms with van der Waals surface area (Å²) in [5.41, 5.74) is -0.874. The van der Waals surface area contributed by atoms with Crippen LogP contribution in [0.15, 0.2) is 70.4 Å². The molecule has 0 spiro atoms. The number of hydrogen-bond donors (Lipinski definition) is 1. The maximum atomic E-state index is 13.1. The van der Waals surface area contributed by atoms with E-state index in [1.54, 1.807) is 19.1 Å². The van der Waals surface area contributed by atoms with Crippen molar-refractivity contribution in [2.45, 2.75) is 37.4 Å². The number of carbonyl (C=O) groups is 1. The summed E-state index contributed by atoms with van der Waals surface area (Å²) in [7, 11) is -3.34. The zero-order valence-corrected chi connectivity index (χ0v) is 19.6. The molecule has 1 amide bonds. The van der Waals surface area contributed by atoms with Gasteiger partial charge >= 0.3 is 6.18 Å². The van der Waals surface area contributed by atoms with Crippen molar-refractivity contribution in [3.05, 3.63) is 93.4 Å². The van der Waals surface area contributed by atoms with E-state index in [0.717, 1.165) is 29.5 Å². The lowest BCUT2D eigenvalue weighted by atomic mass is 10.1. The zero-order valence-electron chi connectivity index (χ0n) is 18.8. The van der Waals surface area contributed by atoms with Crippen LogP contribution in [0.5, 0.6) is 0 Å². The van der Waals surface area contributed by atoms with Gasteiger partial charge in [-0.1, -0.05) is 18.2 Å². The molecule has 35 heavy (non-hydrogen) atoms. The van der Waals surface area contributed by atoms with Crippen molar-refractivity contribution in [1.82, 2.24) is 9.88 Å². The average Bonchev–Trinajstić information content (AvgIpc) is 3.61. The molecule has 0 radical (unpaired) electrons. The second-order valence-electron chi connectivity index (χ2n) is 8.63. The van der Waals surface area contributed by atoms with E-state index in [1.807, 2.05) is 0 Å². The molecular formula is C25H23F3N2O4S. The first-order valence-electron chi connectivity index (χ1n) is 11.0. The molecule has 184 valence electrons. The summed E-state index contributed by atoms with van der Waals surface area (Å²) in [5.74, 6) is -0.330. The van der Waals surface area contributed by atoms with Gasteiger partial charge in [-0.15, -0.1) is 0 Å². The van der Waals surface area contributed by atoms with Gasteiger partial charge in [0.05, 0.1) is 16.2 Å². The molecule has 0 atom stereocenters. The number of pyridine rings is 1. The standard InChI is InChI=1S/C25H23F3N2O4S/c1-16-5-12-22(24(32)30(16)20-4-2-3-19(13-20)25(26,27)28)23(31)29-14-17-8-10-21(11-9-17)35(33,34)15-18-6-7-18/h2-5,8-13,18H,6-7,14-15H2,1H3,(H,29,31). The highest BCUT2D eigenvalue weighted by Crippen LogP contribution is 2.32. The predicted octanol–water partition coefficient (Wildman–Crippen LogP) is 4.28. The molecule has 0 unspecified atom stereocenters. The van der Waals surface area contributed by atoms with E-state index < -0.39 is 33.0 Å². The summed E-state index contributed by atoms with van der Waals surface area (Å²) < 4.78 is 65.1. The molecule has 1 aliphatic rings. The summed E-state index contributed by atoms with van der Waals surface area (Å²) in [6.07, 6.45) is -2.72. The molecule has 1 fully saturated rings. The second-order valence-corrected chi connectivity index (χ2v) is 10.7. The molecule has 6 nitrogen and oxygen atoms in total. The molecule has 0 saturated heterocycles. The van der Waals surface area contributed by atoms with Crippen LogP contribution in [0.3, 0.4) is 0 Å². The third-order valence-corrected chi connectivity index (χ3v) is 7.74. The highest BCUT2D eigenvalue weighted by atomic mass is 32.2. The van der Waals surface area contributed by atoms with E-state index in [1.165, 1.54) is 36.4 Å². The van der Waals surface area contributed by atoms with Crippen LogP contribution in [0.2, 0.25) is 0 Å². The zero-order chi connectivity index (χ0) is 25.4. The van der Waals surface area contributed by atoms with Crippen LogP contribution < -0.4 is 10.9 Å². The Balaban J connectivity index is 1.51. The van der Waals surface area contributed by atoms with Gasteiger partial charge in [0.25, 0.3) is 11.5 Å². The quantitative estimate of drug-likeness (QED) is 0.521. The van der Waals surface area contributed by atoms with E-state index in [-0.39, 0.29) is 34.4 Å². The molecule has 1 N–H and O–H groups in total. The Morgan fingerprint density at radius 1 is 1.06 bits per heavy atom. The Morgan fingerprint density at radius 3 is 2.37 bits per heavy atom. The maximum absolute atomic E-state index is 13.1. The Labute approximate surface area is 200 Å². The number of nitrogens with zero attached hydrogens (tertiary/aromatic N) is 1. The van der Waals surface area contributed by atoms with Crippen molar-refractivity contribution in [3.63, 3.8) is 0 Å². The fraction of sp³-hybridized carbons (Fsp3) is 0.280. The average molecular weight is 505 g/mol. The van der Waals surface area contributed by atoms with Gasteiger partial charge in [-0.25, -0.2) is 8.42 Å². The van der Waals surface area contributed by atoms with Crippen molar-refractivity contribution >= 4 is 15.7 Å². The van der Waals surface area contributed by atoms with Crippen LogP contribution in [-0.4, -0.2) is 24.6 Å². The molecule has 1 heterocycles. The largest absolute Gasteiger partial charge is 0.416 e. The molecule has 10 heteroatoms. The van der Waals surface area contributed by atoms with E-state index in [0.29, 0.717) is 11.3 Å². The van der Waals surface area contributed by atoms with Crippen molar-refractivity contribution in [2.75, 3.05) is 5.75 Å². The van der Waals surface area contributed by atoms with E-state index >= 15 is 0 Å². The van der Waals surface area contributed by atoms with Gasteiger partial charge in [-0.05, 0) is 73.7 Å². The minimum Gasteiger partial charge on any atom is -0.348 e. The first kappa shape index (κ1) is 24.7. The number of rotatable bonds is 7. The van der Waals surface area contributed by atoms with E-state index in [2.05, 4.69) is 5.32 Å². The minimum absolute atomic E-state index is 0.0000271. The number of halogens is 3. The summed E-state index contributed by atoms with van der Waals surface area (Å²) in [5, 5.41) is 2.61. The van der Waals surface area contributed by atoms with Gasteiger partial charge < -0.3 is 5.32 Å². The van der Waals surface area contributed by atoms with Gasteiger partial charge in [-0.3, -0.25) is 14.2 Å². The molecule has 3 aromatic rings. The summed E-state index contributed by atoms with van der Waals surface area (Å²) >= 11 is 0. The SMILES string of the molecule is Cc1ccc(C(=O)NCc2ccc(S(=O)(=O)CC3CC3)cc2)c(=O)n1-c1cccc(C(F)(F)F)c1. The van der Waals surface area contributed by atoms with Crippen LogP contribution in [-0.2, 0) is 22.6 Å².